The van der Waals surface area contributed by atoms with Gasteiger partial charge in [0.05, 0.1) is 26.7 Å². The summed E-state index contributed by atoms with van der Waals surface area (Å²) in [5, 5.41) is 1.76. The molecule has 0 radical (unpaired) electrons. The van der Waals surface area contributed by atoms with Gasteiger partial charge in [-0.05, 0) is 49.7 Å². The van der Waals surface area contributed by atoms with Crippen molar-refractivity contribution in [2.75, 3.05) is 41.1 Å². The number of ether oxygens (including phenoxy) is 4. The molecule has 6 nitrogen and oxygen atoms in total. The fourth-order valence-corrected chi connectivity index (χ4v) is 3.05. The Bertz CT molecular complexity index is 1030. The average molecular weight is 397 g/mol. The molecule has 1 heterocycles. The summed E-state index contributed by atoms with van der Waals surface area (Å²) < 4.78 is 27.7. The van der Waals surface area contributed by atoms with Crippen LogP contribution in [-0.2, 0) is 4.74 Å². The lowest BCUT2D eigenvalue weighted by molar-refractivity contribution is 0.146. The van der Waals surface area contributed by atoms with Gasteiger partial charge in [0.25, 0.3) is 0 Å². The van der Waals surface area contributed by atoms with Crippen LogP contribution in [0.3, 0.4) is 0 Å². The summed E-state index contributed by atoms with van der Waals surface area (Å²) in [6, 6.07) is 13.4. The van der Waals surface area contributed by atoms with Crippen LogP contribution in [0.2, 0.25) is 0 Å². The largest absolute Gasteiger partial charge is 0.497 e. The number of methoxy groups -OCH3 is 3. The van der Waals surface area contributed by atoms with E-state index in [0.717, 1.165) is 34.1 Å². The lowest BCUT2D eigenvalue weighted by atomic mass is 10.1. The molecule has 0 amide bonds. The quantitative estimate of drug-likeness (QED) is 0.499. The summed E-state index contributed by atoms with van der Waals surface area (Å²) in [5.74, 6) is 2.78. The summed E-state index contributed by atoms with van der Waals surface area (Å²) in [7, 11) is 4.88. The smallest absolute Gasteiger partial charge is 0.161 e. The summed E-state index contributed by atoms with van der Waals surface area (Å²) in [6.07, 6.45) is 0.858. The van der Waals surface area contributed by atoms with Gasteiger partial charge in [0.2, 0.25) is 0 Å². The number of fused-ring (bicyclic) bond motifs is 1. The maximum atomic E-state index is 6.17. The lowest BCUT2D eigenvalue weighted by Crippen LogP contribution is -2.06. The van der Waals surface area contributed by atoms with Crippen molar-refractivity contribution >= 4 is 11.0 Å². The number of hydrogen-bond donors (Lipinski definition) is 0. The molecule has 0 saturated carbocycles. The SMILES string of the molecule is CCOCCCN=c1cc(-c2ccc(OC)c(OC)c2)oc2ccc(OC)cc12. The first-order valence-corrected chi connectivity index (χ1v) is 9.62. The third kappa shape index (κ3) is 4.90. The van der Waals surface area contributed by atoms with Crippen molar-refractivity contribution in [3.8, 4) is 28.6 Å². The van der Waals surface area contributed by atoms with Crippen LogP contribution in [0.4, 0.5) is 0 Å². The van der Waals surface area contributed by atoms with Crippen LogP contribution in [0, 0.1) is 0 Å². The normalized spacial score (nSPS) is 11.7. The summed E-state index contributed by atoms with van der Waals surface area (Å²) in [6.45, 7) is 4.07. The van der Waals surface area contributed by atoms with Crippen LogP contribution in [-0.4, -0.2) is 41.1 Å². The molecule has 0 aliphatic carbocycles. The van der Waals surface area contributed by atoms with Gasteiger partial charge in [-0.25, -0.2) is 0 Å². The van der Waals surface area contributed by atoms with E-state index >= 15 is 0 Å². The Labute approximate surface area is 170 Å². The minimum Gasteiger partial charge on any atom is -0.497 e. The van der Waals surface area contributed by atoms with E-state index in [1.165, 1.54) is 0 Å². The number of rotatable bonds is 9. The Balaban J connectivity index is 2.08. The molecular weight excluding hydrogens is 370 g/mol. The first-order valence-electron chi connectivity index (χ1n) is 9.62. The van der Waals surface area contributed by atoms with E-state index in [-0.39, 0.29) is 0 Å². The van der Waals surface area contributed by atoms with Crippen molar-refractivity contribution < 1.29 is 23.4 Å². The van der Waals surface area contributed by atoms with Gasteiger partial charge >= 0.3 is 0 Å². The van der Waals surface area contributed by atoms with E-state index in [9.17, 15) is 0 Å². The van der Waals surface area contributed by atoms with Gasteiger partial charge in [-0.2, -0.15) is 0 Å². The summed E-state index contributed by atoms with van der Waals surface area (Å²) in [4.78, 5) is 4.79. The predicted octanol–water partition coefficient (Wildman–Crippen LogP) is 4.45. The molecular formula is C23H27NO5. The first-order chi connectivity index (χ1) is 14.2. The van der Waals surface area contributed by atoms with Crippen LogP contribution >= 0.6 is 0 Å². The molecule has 0 aliphatic rings. The molecule has 3 aromatic rings. The van der Waals surface area contributed by atoms with Crippen molar-refractivity contribution in [2.45, 2.75) is 13.3 Å². The van der Waals surface area contributed by atoms with Crippen molar-refractivity contribution in [3.05, 3.63) is 47.8 Å². The highest BCUT2D eigenvalue weighted by Gasteiger charge is 2.11. The van der Waals surface area contributed by atoms with E-state index in [1.807, 2.05) is 49.4 Å². The second-order valence-corrected chi connectivity index (χ2v) is 6.36. The minimum absolute atomic E-state index is 0.644. The minimum atomic E-state index is 0.644. The van der Waals surface area contributed by atoms with E-state index in [0.29, 0.717) is 37.0 Å². The van der Waals surface area contributed by atoms with Crippen LogP contribution in [0.5, 0.6) is 17.2 Å². The van der Waals surface area contributed by atoms with Crippen molar-refractivity contribution in [1.82, 2.24) is 0 Å². The Morgan fingerprint density at radius 1 is 0.897 bits per heavy atom. The molecule has 0 saturated heterocycles. The zero-order valence-corrected chi connectivity index (χ0v) is 17.4. The second kappa shape index (κ2) is 9.98. The third-order valence-corrected chi connectivity index (χ3v) is 4.55. The van der Waals surface area contributed by atoms with Gasteiger partial charge in [-0.1, -0.05) is 0 Å². The van der Waals surface area contributed by atoms with E-state index in [4.69, 9.17) is 28.4 Å². The number of benzene rings is 2. The molecule has 29 heavy (non-hydrogen) atoms. The molecule has 6 heteroatoms. The fourth-order valence-electron chi connectivity index (χ4n) is 3.05. The first kappa shape index (κ1) is 20.7. The molecule has 0 aliphatic heterocycles. The van der Waals surface area contributed by atoms with E-state index in [1.54, 1.807) is 21.3 Å². The van der Waals surface area contributed by atoms with Crippen molar-refractivity contribution in [2.24, 2.45) is 4.99 Å². The van der Waals surface area contributed by atoms with Gasteiger partial charge in [0.1, 0.15) is 17.1 Å². The monoisotopic (exact) mass is 397 g/mol. The maximum absolute atomic E-state index is 6.17. The van der Waals surface area contributed by atoms with Gasteiger partial charge in [-0.15, -0.1) is 0 Å². The molecule has 0 atom stereocenters. The third-order valence-electron chi connectivity index (χ3n) is 4.55. The predicted molar refractivity (Wildman–Crippen MR) is 113 cm³/mol. The second-order valence-electron chi connectivity index (χ2n) is 6.36. The molecule has 154 valence electrons. The molecule has 0 bridgehead atoms. The molecule has 2 aromatic carbocycles. The highest BCUT2D eigenvalue weighted by atomic mass is 16.5. The molecule has 0 fully saturated rings. The van der Waals surface area contributed by atoms with Gasteiger partial charge in [0.15, 0.2) is 11.5 Å². The Hall–Kier alpha value is -2.99. The Morgan fingerprint density at radius 2 is 1.72 bits per heavy atom. The Morgan fingerprint density at radius 3 is 2.45 bits per heavy atom. The van der Waals surface area contributed by atoms with E-state index < -0.39 is 0 Å². The molecule has 0 unspecified atom stereocenters. The lowest BCUT2D eigenvalue weighted by Gasteiger charge is -2.10. The average Bonchev–Trinajstić information content (AvgIpc) is 2.77. The zero-order valence-electron chi connectivity index (χ0n) is 17.4. The zero-order chi connectivity index (χ0) is 20.6. The summed E-state index contributed by atoms with van der Waals surface area (Å²) >= 11 is 0. The molecule has 0 spiro atoms. The maximum Gasteiger partial charge on any atom is 0.161 e. The van der Waals surface area contributed by atoms with Gasteiger partial charge in [-0.3, -0.25) is 4.99 Å². The van der Waals surface area contributed by atoms with Gasteiger partial charge < -0.3 is 23.4 Å². The highest BCUT2D eigenvalue weighted by molar-refractivity contribution is 5.80. The van der Waals surface area contributed by atoms with Crippen LogP contribution in [0.25, 0.3) is 22.3 Å². The van der Waals surface area contributed by atoms with Crippen molar-refractivity contribution in [3.63, 3.8) is 0 Å². The highest BCUT2D eigenvalue weighted by Crippen LogP contribution is 2.33. The topological polar surface area (TPSA) is 62.4 Å². The van der Waals surface area contributed by atoms with Crippen LogP contribution in [0.15, 0.2) is 51.9 Å². The Kier molecular flexibility index (Phi) is 7.14. The van der Waals surface area contributed by atoms with Crippen LogP contribution < -0.4 is 19.6 Å². The van der Waals surface area contributed by atoms with E-state index in [2.05, 4.69) is 0 Å². The van der Waals surface area contributed by atoms with Gasteiger partial charge in [0, 0.05) is 36.8 Å². The van der Waals surface area contributed by atoms with Crippen molar-refractivity contribution in [1.29, 1.82) is 0 Å². The fraction of sp³-hybridized carbons (Fsp3) is 0.348. The summed E-state index contributed by atoms with van der Waals surface area (Å²) in [5.41, 5.74) is 1.62. The van der Waals surface area contributed by atoms with Crippen LogP contribution in [0.1, 0.15) is 13.3 Å². The molecule has 0 N–H and O–H groups in total. The number of hydrogen-bond acceptors (Lipinski definition) is 6. The molecule has 3 rings (SSSR count). The molecule has 1 aromatic heterocycles. The standard InChI is InChI=1S/C23H27NO5/c1-5-28-12-6-11-24-19-15-22(16-7-9-21(26-3)23(13-16)27-4)29-20-10-8-17(25-2)14-18(19)20/h7-10,13-15H,5-6,11-12H2,1-4H3. The number of nitrogens with zero attached hydrogens (tertiary/aromatic N) is 1.